The molecule has 3 rings (SSSR count). The second-order valence-electron chi connectivity index (χ2n) is 5.34. The molecular formula is C15H19NO2. The first kappa shape index (κ1) is 11.7. The van der Waals surface area contributed by atoms with Crippen molar-refractivity contribution in [3.8, 4) is 0 Å². The van der Waals surface area contributed by atoms with Gasteiger partial charge >= 0.3 is 5.97 Å². The molecule has 1 fully saturated rings. The van der Waals surface area contributed by atoms with Gasteiger partial charge in [0.15, 0.2) is 0 Å². The van der Waals surface area contributed by atoms with Crippen LogP contribution in [0.1, 0.15) is 47.2 Å². The predicted octanol–water partition coefficient (Wildman–Crippen LogP) is 2.64. The van der Waals surface area contributed by atoms with Crippen LogP contribution in [0.5, 0.6) is 0 Å². The van der Waals surface area contributed by atoms with Gasteiger partial charge in [-0.25, -0.2) is 4.79 Å². The molecule has 0 atom stereocenters. The molecule has 3 nitrogen and oxygen atoms in total. The third-order valence-electron chi connectivity index (χ3n) is 4.00. The van der Waals surface area contributed by atoms with E-state index in [-0.39, 0.29) is 5.97 Å². The zero-order valence-corrected chi connectivity index (χ0v) is 10.6. The summed E-state index contributed by atoms with van der Waals surface area (Å²) in [5.41, 5.74) is 3.21. The van der Waals surface area contributed by atoms with Crippen molar-refractivity contribution in [2.24, 2.45) is 5.92 Å². The van der Waals surface area contributed by atoms with Gasteiger partial charge in [0, 0.05) is 13.1 Å². The minimum absolute atomic E-state index is 0.170. The van der Waals surface area contributed by atoms with Crippen LogP contribution in [0.25, 0.3) is 0 Å². The Hall–Kier alpha value is -1.35. The summed E-state index contributed by atoms with van der Waals surface area (Å²) in [5.74, 6) is 0.418. The van der Waals surface area contributed by atoms with Gasteiger partial charge in [-0.3, -0.25) is 0 Å². The molecular weight excluding hydrogens is 226 g/mol. The first-order valence-corrected chi connectivity index (χ1v) is 6.82. The molecule has 96 valence electrons. The van der Waals surface area contributed by atoms with Crippen molar-refractivity contribution in [2.75, 3.05) is 6.61 Å². The van der Waals surface area contributed by atoms with Gasteiger partial charge in [-0.05, 0) is 42.0 Å². The van der Waals surface area contributed by atoms with Crippen LogP contribution in [-0.2, 0) is 17.8 Å². The van der Waals surface area contributed by atoms with Gasteiger partial charge in [-0.15, -0.1) is 0 Å². The standard InChI is InChI=1S/C15H19NO2/c17-15(18-10-11-3-1-2-4-11)12-5-6-13-8-16-9-14(13)7-12/h5-7,11,16H,1-4,8-10H2. The SMILES string of the molecule is O=C(OCC1CCCC1)c1ccc2c(c1)CNC2. The highest BCUT2D eigenvalue weighted by Gasteiger charge is 2.18. The number of nitrogens with one attached hydrogen (secondary N) is 1. The molecule has 0 bridgehead atoms. The van der Waals surface area contributed by atoms with Crippen molar-refractivity contribution < 1.29 is 9.53 Å². The maximum atomic E-state index is 12.0. The van der Waals surface area contributed by atoms with Crippen LogP contribution in [0.2, 0.25) is 0 Å². The number of rotatable bonds is 3. The van der Waals surface area contributed by atoms with Crippen molar-refractivity contribution >= 4 is 5.97 Å². The Balaban J connectivity index is 1.61. The Morgan fingerprint density at radius 3 is 2.83 bits per heavy atom. The fraction of sp³-hybridized carbons (Fsp3) is 0.533. The molecule has 0 radical (unpaired) electrons. The van der Waals surface area contributed by atoms with Crippen LogP contribution in [0.4, 0.5) is 0 Å². The van der Waals surface area contributed by atoms with E-state index in [0.29, 0.717) is 18.1 Å². The summed E-state index contributed by atoms with van der Waals surface area (Å²) < 4.78 is 5.41. The van der Waals surface area contributed by atoms with Crippen molar-refractivity contribution in [1.29, 1.82) is 0 Å². The molecule has 3 heteroatoms. The van der Waals surface area contributed by atoms with Gasteiger partial charge in [-0.2, -0.15) is 0 Å². The minimum atomic E-state index is -0.170. The number of ether oxygens (including phenoxy) is 1. The van der Waals surface area contributed by atoms with Crippen LogP contribution in [0, 0.1) is 5.92 Å². The highest BCUT2D eigenvalue weighted by atomic mass is 16.5. The largest absolute Gasteiger partial charge is 0.462 e. The van der Waals surface area contributed by atoms with Gasteiger partial charge in [-0.1, -0.05) is 18.9 Å². The van der Waals surface area contributed by atoms with Crippen molar-refractivity contribution in [3.05, 3.63) is 34.9 Å². The molecule has 1 aromatic carbocycles. The molecule has 1 aliphatic heterocycles. The first-order valence-electron chi connectivity index (χ1n) is 6.82. The fourth-order valence-electron chi connectivity index (χ4n) is 2.88. The molecule has 1 N–H and O–H groups in total. The van der Waals surface area contributed by atoms with Gasteiger partial charge in [0.05, 0.1) is 12.2 Å². The summed E-state index contributed by atoms with van der Waals surface area (Å²) in [7, 11) is 0. The lowest BCUT2D eigenvalue weighted by atomic mass is 10.1. The van der Waals surface area contributed by atoms with E-state index in [9.17, 15) is 4.79 Å². The molecule has 0 saturated heterocycles. The van der Waals surface area contributed by atoms with E-state index in [1.807, 2.05) is 18.2 Å². The highest BCUT2D eigenvalue weighted by Crippen LogP contribution is 2.25. The number of hydrogen-bond donors (Lipinski definition) is 1. The summed E-state index contributed by atoms with van der Waals surface area (Å²) in [6.07, 6.45) is 4.99. The van der Waals surface area contributed by atoms with Gasteiger partial charge in [0.2, 0.25) is 0 Å². The Bertz CT molecular complexity index is 450. The molecule has 0 unspecified atom stereocenters. The third-order valence-corrected chi connectivity index (χ3v) is 4.00. The van der Waals surface area contributed by atoms with Crippen molar-refractivity contribution in [3.63, 3.8) is 0 Å². The fourth-order valence-corrected chi connectivity index (χ4v) is 2.88. The zero-order chi connectivity index (χ0) is 12.4. The molecule has 1 aliphatic carbocycles. The van der Waals surface area contributed by atoms with E-state index in [1.54, 1.807) is 0 Å². The topological polar surface area (TPSA) is 38.3 Å². The Morgan fingerprint density at radius 1 is 1.22 bits per heavy atom. The molecule has 2 aliphatic rings. The number of fused-ring (bicyclic) bond motifs is 1. The van der Waals surface area contributed by atoms with Crippen LogP contribution in [0.3, 0.4) is 0 Å². The summed E-state index contributed by atoms with van der Waals surface area (Å²) in [4.78, 5) is 12.0. The molecule has 18 heavy (non-hydrogen) atoms. The van der Waals surface area contributed by atoms with Gasteiger partial charge < -0.3 is 10.1 Å². The quantitative estimate of drug-likeness (QED) is 0.832. The summed E-state index contributed by atoms with van der Waals surface area (Å²) in [6, 6.07) is 5.87. The Labute approximate surface area is 108 Å². The van der Waals surface area contributed by atoms with Crippen LogP contribution in [0.15, 0.2) is 18.2 Å². The van der Waals surface area contributed by atoms with Gasteiger partial charge in [0.25, 0.3) is 0 Å². The lowest BCUT2D eigenvalue weighted by molar-refractivity contribution is 0.0442. The first-order chi connectivity index (χ1) is 8.83. The lowest BCUT2D eigenvalue weighted by Gasteiger charge is -2.10. The molecule has 0 amide bonds. The molecule has 1 saturated carbocycles. The van der Waals surface area contributed by atoms with Crippen LogP contribution >= 0.6 is 0 Å². The van der Waals surface area contributed by atoms with E-state index in [2.05, 4.69) is 5.32 Å². The van der Waals surface area contributed by atoms with E-state index < -0.39 is 0 Å². The normalized spacial score (nSPS) is 18.9. The maximum absolute atomic E-state index is 12.0. The highest BCUT2D eigenvalue weighted by molar-refractivity contribution is 5.89. The average Bonchev–Trinajstić information content (AvgIpc) is 3.05. The second kappa shape index (κ2) is 5.11. The smallest absolute Gasteiger partial charge is 0.338 e. The Morgan fingerprint density at radius 2 is 2.00 bits per heavy atom. The molecule has 0 spiro atoms. The number of carbonyl (C=O) groups excluding carboxylic acids is 1. The summed E-state index contributed by atoms with van der Waals surface area (Å²) in [5, 5.41) is 3.28. The maximum Gasteiger partial charge on any atom is 0.338 e. The van der Waals surface area contributed by atoms with Crippen molar-refractivity contribution in [2.45, 2.75) is 38.8 Å². The van der Waals surface area contributed by atoms with E-state index >= 15 is 0 Å². The van der Waals surface area contributed by atoms with E-state index in [1.165, 1.54) is 36.8 Å². The summed E-state index contributed by atoms with van der Waals surface area (Å²) >= 11 is 0. The van der Waals surface area contributed by atoms with Crippen LogP contribution in [-0.4, -0.2) is 12.6 Å². The van der Waals surface area contributed by atoms with Crippen LogP contribution < -0.4 is 5.32 Å². The lowest BCUT2D eigenvalue weighted by Crippen LogP contribution is -2.12. The Kier molecular flexibility index (Phi) is 3.33. The third kappa shape index (κ3) is 2.41. The average molecular weight is 245 g/mol. The zero-order valence-electron chi connectivity index (χ0n) is 10.6. The number of carbonyl (C=O) groups is 1. The number of esters is 1. The monoisotopic (exact) mass is 245 g/mol. The molecule has 1 heterocycles. The predicted molar refractivity (Wildman–Crippen MR) is 69.2 cm³/mol. The minimum Gasteiger partial charge on any atom is -0.462 e. The van der Waals surface area contributed by atoms with E-state index in [0.717, 1.165) is 13.1 Å². The second-order valence-corrected chi connectivity index (χ2v) is 5.34. The number of hydrogen-bond acceptors (Lipinski definition) is 3. The van der Waals surface area contributed by atoms with Gasteiger partial charge in [0.1, 0.15) is 0 Å². The molecule has 0 aromatic heterocycles. The number of benzene rings is 1. The molecule has 1 aromatic rings. The van der Waals surface area contributed by atoms with E-state index in [4.69, 9.17) is 4.74 Å². The van der Waals surface area contributed by atoms with Crippen molar-refractivity contribution in [1.82, 2.24) is 5.32 Å². The summed E-state index contributed by atoms with van der Waals surface area (Å²) in [6.45, 7) is 2.36.